The second kappa shape index (κ2) is 11.4. The highest BCUT2D eigenvalue weighted by Gasteiger charge is 2.05. The summed E-state index contributed by atoms with van der Waals surface area (Å²) in [5, 5.41) is 0. The lowest BCUT2D eigenvalue weighted by Gasteiger charge is -2.13. The molecule has 0 saturated heterocycles. The Balaban J connectivity index is 3.73. The molecule has 1 atom stereocenters. The molecule has 0 rings (SSSR count). The normalized spacial score (nSPS) is 13.9. The van der Waals surface area contributed by atoms with Crippen LogP contribution in [0.3, 0.4) is 0 Å². The van der Waals surface area contributed by atoms with Crippen molar-refractivity contribution in [2.45, 2.75) is 58.7 Å². The lowest BCUT2D eigenvalue weighted by Crippen LogP contribution is -2.12. The van der Waals surface area contributed by atoms with Crippen LogP contribution in [0.25, 0.3) is 0 Å². The highest BCUT2D eigenvalue weighted by Crippen LogP contribution is 2.15. The summed E-state index contributed by atoms with van der Waals surface area (Å²) in [5.74, 6) is 0.630. The highest BCUT2D eigenvalue weighted by atomic mass is 16.7. The molecule has 0 N–H and O–H groups in total. The van der Waals surface area contributed by atoms with Crippen molar-refractivity contribution in [2.24, 2.45) is 5.92 Å². The standard InChI is InChI=1S/C15H28O3/c1-13(9-6-12-16)7-5-8-14(2)10-11-15(17-3)18-4/h8,12-13,15H,5-7,9-11H2,1-4H3. The minimum Gasteiger partial charge on any atom is -0.356 e. The van der Waals surface area contributed by atoms with Crippen LogP contribution in [0, 0.1) is 5.92 Å². The van der Waals surface area contributed by atoms with Gasteiger partial charge in [0.05, 0.1) is 0 Å². The van der Waals surface area contributed by atoms with Crippen LogP contribution < -0.4 is 0 Å². The van der Waals surface area contributed by atoms with Gasteiger partial charge in [0.25, 0.3) is 0 Å². The van der Waals surface area contributed by atoms with E-state index in [0.29, 0.717) is 12.3 Å². The first kappa shape index (κ1) is 17.3. The van der Waals surface area contributed by atoms with Crippen LogP contribution in [0.2, 0.25) is 0 Å². The summed E-state index contributed by atoms with van der Waals surface area (Å²) in [4.78, 5) is 10.3. The summed E-state index contributed by atoms with van der Waals surface area (Å²) in [6.07, 6.45) is 9.05. The summed E-state index contributed by atoms with van der Waals surface area (Å²) in [7, 11) is 3.34. The fraction of sp³-hybridized carbons (Fsp3) is 0.800. The number of ether oxygens (including phenoxy) is 2. The van der Waals surface area contributed by atoms with Gasteiger partial charge in [-0.2, -0.15) is 0 Å². The molecule has 0 aromatic heterocycles. The fourth-order valence-electron chi connectivity index (χ4n) is 1.89. The third-order valence-electron chi connectivity index (χ3n) is 3.23. The zero-order valence-corrected chi connectivity index (χ0v) is 12.3. The first-order chi connectivity index (χ1) is 8.63. The Morgan fingerprint density at radius 3 is 2.28 bits per heavy atom. The number of carbonyl (C=O) groups is 1. The smallest absolute Gasteiger partial charge is 0.157 e. The number of rotatable bonds is 11. The van der Waals surface area contributed by atoms with Gasteiger partial charge in [-0.25, -0.2) is 0 Å². The van der Waals surface area contributed by atoms with Crippen molar-refractivity contribution in [3.8, 4) is 0 Å². The maximum atomic E-state index is 10.3. The molecule has 106 valence electrons. The minimum atomic E-state index is -0.0973. The van der Waals surface area contributed by atoms with Gasteiger partial charge in [-0.3, -0.25) is 0 Å². The molecule has 0 saturated carbocycles. The monoisotopic (exact) mass is 256 g/mol. The molecule has 0 spiro atoms. The maximum Gasteiger partial charge on any atom is 0.157 e. The van der Waals surface area contributed by atoms with E-state index in [1.165, 1.54) is 5.57 Å². The molecule has 18 heavy (non-hydrogen) atoms. The van der Waals surface area contributed by atoms with Crippen LogP contribution in [-0.2, 0) is 14.3 Å². The van der Waals surface area contributed by atoms with Gasteiger partial charge in [0.2, 0.25) is 0 Å². The van der Waals surface area contributed by atoms with Crippen LogP contribution >= 0.6 is 0 Å². The Morgan fingerprint density at radius 2 is 1.72 bits per heavy atom. The molecule has 0 heterocycles. The van der Waals surface area contributed by atoms with E-state index in [2.05, 4.69) is 19.9 Å². The predicted molar refractivity (Wildman–Crippen MR) is 74.5 cm³/mol. The molecular weight excluding hydrogens is 228 g/mol. The zero-order chi connectivity index (χ0) is 13.8. The lowest BCUT2D eigenvalue weighted by molar-refractivity contribution is -0.108. The van der Waals surface area contributed by atoms with Crippen molar-refractivity contribution < 1.29 is 14.3 Å². The lowest BCUT2D eigenvalue weighted by atomic mass is 9.99. The molecule has 0 aliphatic carbocycles. The van der Waals surface area contributed by atoms with Crippen molar-refractivity contribution in [2.75, 3.05) is 14.2 Å². The zero-order valence-electron chi connectivity index (χ0n) is 12.3. The Morgan fingerprint density at radius 1 is 1.11 bits per heavy atom. The highest BCUT2D eigenvalue weighted by molar-refractivity contribution is 5.49. The van der Waals surface area contributed by atoms with Crippen molar-refractivity contribution in [3.63, 3.8) is 0 Å². The quantitative estimate of drug-likeness (QED) is 0.321. The Bertz CT molecular complexity index is 232. The number of allylic oxidation sites excluding steroid dienone is 2. The van der Waals surface area contributed by atoms with Gasteiger partial charge >= 0.3 is 0 Å². The molecular formula is C15H28O3. The molecule has 0 aromatic rings. The summed E-state index contributed by atoms with van der Waals surface area (Å²) >= 11 is 0. The average Bonchev–Trinajstić information content (AvgIpc) is 2.37. The molecule has 0 aliphatic heterocycles. The Hall–Kier alpha value is -0.670. The number of methoxy groups -OCH3 is 2. The third kappa shape index (κ3) is 9.37. The van der Waals surface area contributed by atoms with E-state index in [0.717, 1.165) is 38.4 Å². The first-order valence-corrected chi connectivity index (χ1v) is 6.78. The van der Waals surface area contributed by atoms with Gasteiger partial charge in [-0.05, 0) is 38.5 Å². The molecule has 0 amide bonds. The van der Waals surface area contributed by atoms with Gasteiger partial charge in [-0.15, -0.1) is 0 Å². The van der Waals surface area contributed by atoms with E-state index >= 15 is 0 Å². The van der Waals surface area contributed by atoms with Gasteiger partial charge in [0, 0.05) is 27.1 Å². The molecule has 3 heteroatoms. The topological polar surface area (TPSA) is 35.5 Å². The van der Waals surface area contributed by atoms with Crippen molar-refractivity contribution >= 4 is 6.29 Å². The second-order valence-corrected chi connectivity index (χ2v) is 4.92. The summed E-state index contributed by atoms with van der Waals surface area (Å²) in [5.41, 5.74) is 1.39. The first-order valence-electron chi connectivity index (χ1n) is 6.78. The predicted octanol–water partition coefficient (Wildman–Crippen LogP) is 3.73. The Kier molecular flexibility index (Phi) is 11.0. The number of hydrogen-bond donors (Lipinski definition) is 0. The molecule has 0 fully saturated rings. The van der Waals surface area contributed by atoms with E-state index < -0.39 is 0 Å². The van der Waals surface area contributed by atoms with E-state index in [-0.39, 0.29) is 6.29 Å². The number of hydrogen-bond acceptors (Lipinski definition) is 3. The van der Waals surface area contributed by atoms with E-state index in [4.69, 9.17) is 9.47 Å². The molecule has 0 bridgehead atoms. The van der Waals surface area contributed by atoms with Crippen molar-refractivity contribution in [1.29, 1.82) is 0 Å². The molecule has 0 aromatic carbocycles. The maximum absolute atomic E-state index is 10.3. The van der Waals surface area contributed by atoms with Crippen LogP contribution in [0.1, 0.15) is 52.4 Å². The van der Waals surface area contributed by atoms with Crippen LogP contribution in [0.15, 0.2) is 11.6 Å². The summed E-state index contributed by atoms with van der Waals surface area (Å²) in [6, 6.07) is 0. The molecule has 1 unspecified atom stereocenters. The van der Waals surface area contributed by atoms with E-state index in [1.807, 2.05) is 0 Å². The van der Waals surface area contributed by atoms with Crippen LogP contribution in [0.5, 0.6) is 0 Å². The largest absolute Gasteiger partial charge is 0.356 e. The van der Waals surface area contributed by atoms with E-state index in [1.54, 1.807) is 14.2 Å². The van der Waals surface area contributed by atoms with Crippen molar-refractivity contribution in [1.82, 2.24) is 0 Å². The molecule has 3 nitrogen and oxygen atoms in total. The number of carbonyl (C=O) groups excluding carboxylic acids is 1. The molecule has 0 radical (unpaired) electrons. The average molecular weight is 256 g/mol. The van der Waals surface area contributed by atoms with Gasteiger partial charge in [0.15, 0.2) is 6.29 Å². The third-order valence-corrected chi connectivity index (χ3v) is 3.23. The number of aldehydes is 1. The minimum absolute atomic E-state index is 0.0973. The second-order valence-electron chi connectivity index (χ2n) is 4.92. The Labute approximate surface area is 112 Å². The van der Waals surface area contributed by atoms with E-state index in [9.17, 15) is 4.79 Å². The van der Waals surface area contributed by atoms with Crippen LogP contribution in [-0.4, -0.2) is 26.8 Å². The van der Waals surface area contributed by atoms with Crippen LogP contribution in [0.4, 0.5) is 0 Å². The van der Waals surface area contributed by atoms with Gasteiger partial charge < -0.3 is 14.3 Å². The summed E-state index contributed by atoms with van der Waals surface area (Å²) in [6.45, 7) is 4.36. The van der Waals surface area contributed by atoms with Gasteiger partial charge in [-0.1, -0.05) is 18.6 Å². The van der Waals surface area contributed by atoms with Gasteiger partial charge in [0.1, 0.15) is 6.29 Å². The SMILES string of the molecule is COC(CCC(C)=CCCC(C)CCC=O)OC. The summed E-state index contributed by atoms with van der Waals surface area (Å²) < 4.78 is 10.3. The van der Waals surface area contributed by atoms with Crippen molar-refractivity contribution in [3.05, 3.63) is 11.6 Å². The molecule has 0 aliphatic rings. The fourth-order valence-corrected chi connectivity index (χ4v) is 1.89.